The molecule has 9 rings (SSSR count). The number of hydrogen-bond donors (Lipinski definition) is 4. The SMILES string of the molecule is COOC1=C(c2c(O)cc(N(c3ccccc3)c3ccc4ccccc4c3)cc2O)C=C1c1c(O)cc(N(c2ccccc2)c2ccc3ccccc3c2)cc1O. The van der Waals surface area contributed by atoms with Gasteiger partial charge in [0.15, 0.2) is 5.76 Å². The fraction of sp³-hybridized carbons (Fsp3) is 0.0204. The molecule has 0 saturated heterocycles. The fourth-order valence-corrected chi connectivity index (χ4v) is 7.57. The van der Waals surface area contributed by atoms with Crippen molar-refractivity contribution in [2.75, 3.05) is 16.9 Å². The molecule has 0 heterocycles. The first-order valence-corrected chi connectivity index (χ1v) is 18.4. The van der Waals surface area contributed by atoms with Crippen molar-refractivity contribution in [1.29, 1.82) is 0 Å². The van der Waals surface area contributed by atoms with Gasteiger partial charge in [-0.1, -0.05) is 97.1 Å². The second kappa shape index (κ2) is 14.5. The summed E-state index contributed by atoms with van der Waals surface area (Å²) in [7, 11) is 1.33. The third-order valence-electron chi connectivity index (χ3n) is 10.2. The van der Waals surface area contributed by atoms with Crippen LogP contribution in [0, 0.1) is 0 Å². The smallest absolute Gasteiger partial charge is 0.181 e. The van der Waals surface area contributed by atoms with Crippen LogP contribution in [0.25, 0.3) is 32.7 Å². The van der Waals surface area contributed by atoms with Crippen LogP contribution in [0.2, 0.25) is 0 Å². The Hall–Kier alpha value is -7.68. The predicted octanol–water partition coefficient (Wildman–Crippen LogP) is 12.1. The van der Waals surface area contributed by atoms with Crippen LogP contribution >= 0.6 is 0 Å². The van der Waals surface area contributed by atoms with Gasteiger partial charge >= 0.3 is 0 Å². The molecule has 8 aromatic carbocycles. The highest BCUT2D eigenvalue weighted by Gasteiger charge is 2.34. The van der Waals surface area contributed by atoms with Crippen molar-refractivity contribution in [2.45, 2.75) is 0 Å². The maximum absolute atomic E-state index is 11.6. The zero-order chi connectivity index (χ0) is 39.0. The van der Waals surface area contributed by atoms with E-state index in [4.69, 9.17) is 9.78 Å². The van der Waals surface area contributed by atoms with Crippen LogP contribution in [0.1, 0.15) is 11.1 Å². The lowest BCUT2D eigenvalue weighted by Crippen LogP contribution is -2.12. The Morgan fingerprint density at radius 3 is 1.23 bits per heavy atom. The fourth-order valence-electron chi connectivity index (χ4n) is 7.57. The molecule has 1 aliphatic rings. The number of rotatable bonds is 10. The Kier molecular flexibility index (Phi) is 8.93. The van der Waals surface area contributed by atoms with Crippen LogP contribution in [0.15, 0.2) is 182 Å². The number of phenolic OH excluding ortho intramolecular Hbond substituents is 4. The van der Waals surface area contributed by atoms with Gasteiger partial charge in [-0.2, -0.15) is 4.89 Å². The first kappa shape index (κ1) is 35.0. The Morgan fingerprint density at radius 1 is 0.386 bits per heavy atom. The van der Waals surface area contributed by atoms with Gasteiger partial charge in [0.2, 0.25) is 0 Å². The standard InChI is InChI=1S/C49H36N2O6/c1-56-57-49-41(47-43(52)26-39(27-44(47)53)50(35-16-4-2-5-17-35)37-22-20-31-12-8-10-14-33(31)24-37)30-42(49)48-45(54)28-40(29-46(48)55)51(36-18-6-3-7-19-36)38-23-21-32-13-9-11-15-34(32)25-38/h2-30,52-55H,1H3. The van der Waals surface area contributed by atoms with E-state index in [9.17, 15) is 20.4 Å². The van der Waals surface area contributed by atoms with Gasteiger partial charge in [0, 0.05) is 58.2 Å². The summed E-state index contributed by atoms with van der Waals surface area (Å²) in [6, 6.07) is 54.0. The summed E-state index contributed by atoms with van der Waals surface area (Å²) in [6.07, 6.45) is 1.62. The highest BCUT2D eigenvalue weighted by Crippen LogP contribution is 2.53. The van der Waals surface area contributed by atoms with Crippen molar-refractivity contribution in [3.63, 3.8) is 0 Å². The molecule has 0 aromatic heterocycles. The van der Waals surface area contributed by atoms with E-state index in [1.165, 1.54) is 7.11 Å². The second-order valence-electron chi connectivity index (χ2n) is 13.7. The van der Waals surface area contributed by atoms with Gasteiger partial charge in [-0.3, -0.25) is 0 Å². The van der Waals surface area contributed by atoms with E-state index in [0.717, 1.165) is 44.3 Å². The second-order valence-corrected chi connectivity index (χ2v) is 13.7. The summed E-state index contributed by atoms with van der Waals surface area (Å²) in [4.78, 5) is 14.6. The molecule has 8 heteroatoms. The quantitative estimate of drug-likeness (QED) is 0.0809. The van der Waals surface area contributed by atoms with E-state index in [1.54, 1.807) is 30.3 Å². The van der Waals surface area contributed by atoms with Crippen LogP contribution in [0.5, 0.6) is 23.0 Å². The average Bonchev–Trinajstić information content (AvgIpc) is 3.22. The van der Waals surface area contributed by atoms with Gasteiger partial charge in [-0.15, -0.1) is 0 Å². The molecule has 0 fully saturated rings. The lowest BCUT2D eigenvalue weighted by Gasteiger charge is -2.29. The molecule has 0 saturated carbocycles. The topological polar surface area (TPSA) is 106 Å². The van der Waals surface area contributed by atoms with Gasteiger partial charge in [0.25, 0.3) is 0 Å². The number of phenols is 4. The van der Waals surface area contributed by atoms with Gasteiger partial charge < -0.3 is 35.1 Å². The van der Waals surface area contributed by atoms with E-state index in [1.807, 2.05) is 143 Å². The normalized spacial score (nSPS) is 12.3. The number of nitrogens with zero attached hydrogens (tertiary/aromatic N) is 2. The maximum atomic E-state index is 11.6. The third kappa shape index (κ3) is 6.40. The zero-order valence-electron chi connectivity index (χ0n) is 30.7. The summed E-state index contributed by atoms with van der Waals surface area (Å²) in [5.74, 6) is -0.754. The minimum Gasteiger partial charge on any atom is -0.507 e. The number of aromatic hydroxyl groups is 4. The van der Waals surface area contributed by atoms with Crippen molar-refractivity contribution >= 4 is 66.8 Å². The van der Waals surface area contributed by atoms with Crippen LogP contribution in [-0.2, 0) is 9.78 Å². The minimum absolute atomic E-state index is 0.100. The maximum Gasteiger partial charge on any atom is 0.181 e. The van der Waals surface area contributed by atoms with Crippen LogP contribution < -0.4 is 9.80 Å². The Bertz CT molecular complexity index is 2820. The molecule has 0 unspecified atom stereocenters. The molecular formula is C49H36N2O6. The van der Waals surface area contributed by atoms with Crippen molar-refractivity contribution in [1.82, 2.24) is 0 Å². The molecule has 0 atom stereocenters. The molecule has 0 amide bonds. The monoisotopic (exact) mass is 748 g/mol. The molecule has 0 bridgehead atoms. The zero-order valence-corrected chi connectivity index (χ0v) is 30.7. The summed E-state index contributed by atoms with van der Waals surface area (Å²) in [6.45, 7) is 0. The molecule has 57 heavy (non-hydrogen) atoms. The van der Waals surface area contributed by atoms with Gasteiger partial charge in [0.1, 0.15) is 23.0 Å². The van der Waals surface area contributed by atoms with E-state index in [2.05, 4.69) is 12.1 Å². The molecule has 278 valence electrons. The molecular weight excluding hydrogens is 713 g/mol. The van der Waals surface area contributed by atoms with E-state index in [-0.39, 0.29) is 39.9 Å². The molecule has 8 nitrogen and oxygen atoms in total. The lowest BCUT2D eigenvalue weighted by atomic mass is 9.84. The summed E-state index contributed by atoms with van der Waals surface area (Å²) < 4.78 is 0. The molecule has 4 N–H and O–H groups in total. The highest BCUT2D eigenvalue weighted by atomic mass is 17.2. The number of benzene rings is 8. The summed E-state index contributed by atoms with van der Waals surface area (Å²) >= 11 is 0. The first-order valence-electron chi connectivity index (χ1n) is 18.4. The van der Waals surface area contributed by atoms with Crippen molar-refractivity contribution in [3.05, 3.63) is 193 Å². The van der Waals surface area contributed by atoms with E-state index >= 15 is 0 Å². The third-order valence-corrected chi connectivity index (χ3v) is 10.2. The molecule has 8 aromatic rings. The number of anilines is 6. The van der Waals surface area contributed by atoms with Gasteiger partial charge in [-0.25, -0.2) is 0 Å². The largest absolute Gasteiger partial charge is 0.507 e. The van der Waals surface area contributed by atoms with E-state index < -0.39 is 0 Å². The number of para-hydroxylation sites is 2. The number of fused-ring (bicyclic) bond motifs is 2. The molecule has 1 aliphatic carbocycles. The van der Waals surface area contributed by atoms with Crippen LogP contribution in [0.4, 0.5) is 34.1 Å². The van der Waals surface area contributed by atoms with Gasteiger partial charge in [-0.05, 0) is 76.2 Å². The van der Waals surface area contributed by atoms with Gasteiger partial charge in [0.05, 0.1) is 29.6 Å². The summed E-state index contributed by atoms with van der Waals surface area (Å²) in [5.41, 5.74) is 5.20. The van der Waals surface area contributed by atoms with E-state index in [0.29, 0.717) is 22.5 Å². The lowest BCUT2D eigenvalue weighted by molar-refractivity contribution is -0.231. The first-order chi connectivity index (χ1) is 27.9. The molecule has 0 radical (unpaired) electrons. The highest BCUT2D eigenvalue weighted by molar-refractivity contribution is 6.08. The molecule has 0 aliphatic heterocycles. The summed E-state index contributed by atoms with van der Waals surface area (Å²) in [5, 5.41) is 50.7. The van der Waals surface area contributed by atoms with Crippen molar-refractivity contribution in [3.8, 4) is 23.0 Å². The minimum atomic E-state index is -0.216. The predicted molar refractivity (Wildman–Crippen MR) is 227 cm³/mol. The Labute approximate surface area is 328 Å². The molecule has 0 spiro atoms. The van der Waals surface area contributed by atoms with Crippen LogP contribution in [0.3, 0.4) is 0 Å². The Morgan fingerprint density at radius 2 is 0.789 bits per heavy atom. The van der Waals surface area contributed by atoms with Crippen molar-refractivity contribution in [2.24, 2.45) is 0 Å². The Balaban J connectivity index is 1.09. The number of allylic oxidation sites excluding steroid dienone is 3. The van der Waals surface area contributed by atoms with Crippen LogP contribution in [-0.4, -0.2) is 27.5 Å². The van der Waals surface area contributed by atoms with Crippen molar-refractivity contribution < 1.29 is 30.2 Å². The number of hydrogen-bond acceptors (Lipinski definition) is 8. The average molecular weight is 749 g/mol.